The first-order valence-electron chi connectivity index (χ1n) is 5.53. The summed E-state index contributed by atoms with van der Waals surface area (Å²) in [4.78, 5) is 22.5. The van der Waals surface area contributed by atoms with Crippen LogP contribution in [-0.4, -0.2) is 30.3 Å². The minimum atomic E-state index is -0.631. The third-order valence-electron chi connectivity index (χ3n) is 1.56. The molecule has 17 heavy (non-hydrogen) atoms. The molecular weight excluding hydrogens is 222 g/mol. The Labute approximate surface area is 102 Å². The maximum atomic E-state index is 11.3. The van der Waals surface area contributed by atoms with Crippen LogP contribution in [0.1, 0.15) is 34.6 Å². The average Bonchev–Trinajstić information content (AvgIpc) is 2.12. The number of esters is 1. The van der Waals surface area contributed by atoms with Crippen LogP contribution >= 0.6 is 0 Å². The van der Waals surface area contributed by atoms with Crippen LogP contribution in [0.4, 0.5) is 4.79 Å². The molecule has 0 rings (SSSR count). The fraction of sp³-hybridized carbons (Fsp3) is 0.667. The van der Waals surface area contributed by atoms with Crippen molar-refractivity contribution in [3.8, 4) is 0 Å². The molecule has 1 N–H and O–H groups in total. The smallest absolute Gasteiger partial charge is 0.408 e. The standard InChI is InChI=1S/C12H21NO4/c1-6-7-9(2)16-10(14)8-13-11(15)17-12(3,4)5/h6-7,9H,8H2,1-5H3,(H,13,15)/b7-6-/t9-/m1/s1. The van der Waals surface area contributed by atoms with Gasteiger partial charge in [0.25, 0.3) is 0 Å². The predicted octanol–water partition coefficient (Wildman–Crippen LogP) is 2.02. The SMILES string of the molecule is C/C=C\[C@@H](C)OC(=O)CNC(=O)OC(C)(C)C. The second-order valence-electron chi connectivity index (χ2n) is 4.58. The molecule has 0 fully saturated rings. The van der Waals surface area contributed by atoms with Crippen LogP contribution in [0.5, 0.6) is 0 Å². The van der Waals surface area contributed by atoms with E-state index in [1.807, 2.05) is 6.92 Å². The molecule has 0 aliphatic heterocycles. The molecule has 0 aromatic carbocycles. The molecule has 1 atom stereocenters. The Morgan fingerprint density at radius 1 is 1.35 bits per heavy atom. The number of amides is 1. The minimum absolute atomic E-state index is 0.198. The highest BCUT2D eigenvalue weighted by molar-refractivity contribution is 5.78. The summed E-state index contributed by atoms with van der Waals surface area (Å²) in [5.41, 5.74) is -0.577. The summed E-state index contributed by atoms with van der Waals surface area (Å²) in [7, 11) is 0. The van der Waals surface area contributed by atoms with Gasteiger partial charge in [-0.15, -0.1) is 0 Å². The fourth-order valence-electron chi connectivity index (χ4n) is 1.02. The van der Waals surface area contributed by atoms with Crippen molar-refractivity contribution < 1.29 is 19.1 Å². The minimum Gasteiger partial charge on any atom is -0.457 e. The molecule has 0 aliphatic carbocycles. The second kappa shape index (κ2) is 6.93. The van der Waals surface area contributed by atoms with Crippen molar-refractivity contribution in [1.29, 1.82) is 0 Å². The summed E-state index contributed by atoms with van der Waals surface area (Å²) < 4.78 is 9.94. The predicted molar refractivity (Wildman–Crippen MR) is 64.6 cm³/mol. The summed E-state index contributed by atoms with van der Waals surface area (Å²) in [5.74, 6) is -0.499. The van der Waals surface area contributed by atoms with Gasteiger partial charge >= 0.3 is 12.1 Å². The third-order valence-corrected chi connectivity index (χ3v) is 1.56. The lowest BCUT2D eigenvalue weighted by atomic mass is 10.2. The molecular formula is C12H21NO4. The first kappa shape index (κ1) is 15.5. The molecule has 0 aliphatic rings. The zero-order valence-corrected chi connectivity index (χ0v) is 11.1. The number of alkyl carbamates (subject to hydrolysis) is 1. The maximum absolute atomic E-state index is 11.3. The van der Waals surface area contributed by atoms with Crippen molar-refractivity contribution in [2.45, 2.75) is 46.3 Å². The van der Waals surface area contributed by atoms with Crippen LogP contribution in [0.3, 0.4) is 0 Å². The van der Waals surface area contributed by atoms with Gasteiger partial charge in [0.15, 0.2) is 0 Å². The lowest BCUT2D eigenvalue weighted by molar-refractivity contribution is -0.145. The molecule has 0 spiro atoms. The Hall–Kier alpha value is -1.52. The van der Waals surface area contributed by atoms with Gasteiger partial charge in [0.1, 0.15) is 18.2 Å². The molecule has 0 unspecified atom stereocenters. The number of ether oxygens (including phenoxy) is 2. The molecule has 5 heteroatoms. The normalized spacial score (nSPS) is 13.2. The number of allylic oxidation sites excluding steroid dienone is 1. The van der Waals surface area contributed by atoms with Crippen LogP contribution in [-0.2, 0) is 14.3 Å². The van der Waals surface area contributed by atoms with Crippen molar-refractivity contribution in [3.63, 3.8) is 0 Å². The molecule has 0 aromatic rings. The van der Waals surface area contributed by atoms with Crippen molar-refractivity contribution in [2.24, 2.45) is 0 Å². The van der Waals surface area contributed by atoms with E-state index >= 15 is 0 Å². The van der Waals surface area contributed by atoms with Crippen LogP contribution in [0.15, 0.2) is 12.2 Å². The summed E-state index contributed by atoms with van der Waals surface area (Å²) >= 11 is 0. The van der Waals surface area contributed by atoms with E-state index in [4.69, 9.17) is 9.47 Å². The zero-order chi connectivity index (χ0) is 13.5. The highest BCUT2D eigenvalue weighted by Crippen LogP contribution is 2.06. The third kappa shape index (κ3) is 9.41. The molecule has 0 aromatic heterocycles. The van der Waals surface area contributed by atoms with E-state index < -0.39 is 17.7 Å². The van der Waals surface area contributed by atoms with Gasteiger partial charge < -0.3 is 14.8 Å². The van der Waals surface area contributed by atoms with Crippen molar-refractivity contribution in [1.82, 2.24) is 5.32 Å². The van der Waals surface area contributed by atoms with Gasteiger partial charge in [-0.25, -0.2) is 4.79 Å². The van der Waals surface area contributed by atoms with E-state index in [-0.39, 0.29) is 12.6 Å². The molecule has 98 valence electrons. The zero-order valence-electron chi connectivity index (χ0n) is 11.1. The molecule has 0 heterocycles. The molecule has 0 saturated heterocycles. The number of carbonyl (C=O) groups excluding carboxylic acids is 2. The molecule has 5 nitrogen and oxygen atoms in total. The molecule has 1 amide bonds. The van der Waals surface area contributed by atoms with Gasteiger partial charge in [0, 0.05) is 0 Å². The molecule has 0 saturated carbocycles. The Bertz CT molecular complexity index is 291. The highest BCUT2D eigenvalue weighted by Gasteiger charge is 2.17. The number of hydrogen-bond donors (Lipinski definition) is 1. The van der Waals surface area contributed by atoms with E-state index in [9.17, 15) is 9.59 Å². The van der Waals surface area contributed by atoms with Crippen LogP contribution < -0.4 is 5.32 Å². The number of nitrogens with one attached hydrogen (secondary N) is 1. The quantitative estimate of drug-likeness (QED) is 0.606. The van der Waals surface area contributed by atoms with Crippen LogP contribution in [0.2, 0.25) is 0 Å². The summed E-state index contributed by atoms with van der Waals surface area (Å²) in [6.45, 7) is 8.63. The summed E-state index contributed by atoms with van der Waals surface area (Å²) in [6.07, 6.45) is 2.60. The first-order chi connectivity index (χ1) is 7.74. The number of carbonyl (C=O) groups is 2. The number of rotatable bonds is 4. The Balaban J connectivity index is 3.89. The first-order valence-corrected chi connectivity index (χ1v) is 5.53. The maximum Gasteiger partial charge on any atom is 0.408 e. The fourth-order valence-corrected chi connectivity index (χ4v) is 1.02. The van der Waals surface area contributed by atoms with Gasteiger partial charge in [0.2, 0.25) is 0 Å². The van der Waals surface area contributed by atoms with Crippen molar-refractivity contribution in [2.75, 3.05) is 6.54 Å². The lowest BCUT2D eigenvalue weighted by Gasteiger charge is -2.19. The van der Waals surface area contributed by atoms with E-state index in [2.05, 4.69) is 5.32 Å². The highest BCUT2D eigenvalue weighted by atomic mass is 16.6. The Morgan fingerprint density at radius 3 is 2.41 bits per heavy atom. The van der Waals surface area contributed by atoms with E-state index in [1.165, 1.54) is 0 Å². The molecule has 0 radical (unpaired) electrons. The Morgan fingerprint density at radius 2 is 1.94 bits per heavy atom. The van der Waals surface area contributed by atoms with E-state index in [0.717, 1.165) is 0 Å². The number of hydrogen-bond acceptors (Lipinski definition) is 4. The lowest BCUT2D eigenvalue weighted by Crippen LogP contribution is -2.36. The summed E-state index contributed by atoms with van der Waals surface area (Å²) in [6, 6.07) is 0. The second-order valence-corrected chi connectivity index (χ2v) is 4.58. The van der Waals surface area contributed by atoms with Crippen LogP contribution in [0, 0.1) is 0 Å². The van der Waals surface area contributed by atoms with Gasteiger partial charge in [-0.3, -0.25) is 4.79 Å². The van der Waals surface area contributed by atoms with Gasteiger partial charge in [-0.2, -0.15) is 0 Å². The van der Waals surface area contributed by atoms with Crippen molar-refractivity contribution in [3.05, 3.63) is 12.2 Å². The monoisotopic (exact) mass is 243 g/mol. The topological polar surface area (TPSA) is 64.6 Å². The van der Waals surface area contributed by atoms with E-state index in [0.29, 0.717) is 0 Å². The molecule has 0 bridgehead atoms. The Kier molecular flexibility index (Phi) is 6.31. The largest absolute Gasteiger partial charge is 0.457 e. The van der Waals surface area contributed by atoms with Crippen LogP contribution in [0.25, 0.3) is 0 Å². The van der Waals surface area contributed by atoms with Gasteiger partial charge in [-0.1, -0.05) is 6.08 Å². The van der Waals surface area contributed by atoms with E-state index in [1.54, 1.807) is 39.8 Å². The van der Waals surface area contributed by atoms with Gasteiger partial charge in [0.05, 0.1) is 0 Å². The van der Waals surface area contributed by atoms with Gasteiger partial charge in [-0.05, 0) is 40.7 Å². The summed E-state index contributed by atoms with van der Waals surface area (Å²) in [5, 5.41) is 2.33. The average molecular weight is 243 g/mol. The van der Waals surface area contributed by atoms with Crippen molar-refractivity contribution >= 4 is 12.1 Å².